The van der Waals surface area contributed by atoms with Crippen LogP contribution in [0.5, 0.6) is 0 Å². The summed E-state index contributed by atoms with van der Waals surface area (Å²) in [5, 5.41) is 3.18. The molecule has 0 amide bonds. The molecule has 0 heterocycles. The second-order valence-corrected chi connectivity index (χ2v) is 29.6. The minimum atomic E-state index is -2.50. The molecular weight excluding hydrogens is 624 g/mol. The molecule has 0 saturated heterocycles. The molecule has 2 aliphatic carbocycles. The summed E-state index contributed by atoms with van der Waals surface area (Å²) in [6.07, 6.45) is 9.78. The zero-order valence-corrected chi connectivity index (χ0v) is 31.9. The predicted molar refractivity (Wildman–Crippen MR) is 190 cm³/mol. The molecule has 4 aromatic rings. The van der Waals surface area contributed by atoms with Crippen LogP contribution in [0.1, 0.15) is 89.7 Å². The van der Waals surface area contributed by atoms with Gasteiger partial charge in [0.25, 0.3) is 0 Å². The molecule has 0 aromatic heterocycles. The molecule has 0 bridgehead atoms. The SMILES string of the molecule is Cc1ccc([Si](c2ccc(C)cc2)=[Zr]([CH]2C=CC=C2)[CH]2c3cc(C)c(C(C)(C)C)cc3-c3cc(C(C)(C)C)c(C)cc32)cc1. The molecule has 0 saturated carbocycles. The van der Waals surface area contributed by atoms with E-state index in [1.54, 1.807) is 21.5 Å². The van der Waals surface area contributed by atoms with Gasteiger partial charge in [0.15, 0.2) is 0 Å². The quantitative estimate of drug-likeness (QED) is 0.190. The summed E-state index contributed by atoms with van der Waals surface area (Å²) in [6, 6.07) is 29.8. The van der Waals surface area contributed by atoms with E-state index in [0.717, 1.165) is 0 Å². The van der Waals surface area contributed by atoms with Crippen molar-refractivity contribution in [2.45, 2.75) is 87.3 Å². The van der Waals surface area contributed by atoms with Gasteiger partial charge in [0, 0.05) is 0 Å². The molecule has 0 spiro atoms. The van der Waals surface area contributed by atoms with Gasteiger partial charge in [-0.1, -0.05) is 0 Å². The average Bonchev–Trinajstić information content (AvgIpc) is 3.57. The Morgan fingerprint density at radius 1 is 0.545 bits per heavy atom. The van der Waals surface area contributed by atoms with E-state index < -0.39 is 25.8 Å². The van der Waals surface area contributed by atoms with Crippen LogP contribution in [-0.2, 0) is 31.2 Å². The minimum absolute atomic E-state index is 0.103. The predicted octanol–water partition coefficient (Wildman–Crippen LogP) is 9.92. The van der Waals surface area contributed by atoms with Gasteiger partial charge in [-0.25, -0.2) is 0 Å². The zero-order valence-electron chi connectivity index (χ0n) is 28.4. The molecule has 0 N–H and O–H groups in total. The van der Waals surface area contributed by atoms with Gasteiger partial charge < -0.3 is 0 Å². The summed E-state index contributed by atoms with van der Waals surface area (Å²) in [6.45, 7) is 23.4. The van der Waals surface area contributed by atoms with Crippen LogP contribution in [0.3, 0.4) is 0 Å². The summed E-state index contributed by atoms with van der Waals surface area (Å²) in [5.41, 5.74) is 14.0. The maximum atomic E-state index is 2.62. The van der Waals surface area contributed by atoms with Gasteiger partial charge in [0.2, 0.25) is 0 Å². The number of rotatable bonds is 4. The first-order chi connectivity index (χ1) is 20.7. The van der Waals surface area contributed by atoms with Crippen LogP contribution in [0, 0.1) is 27.7 Å². The number of fused-ring (bicyclic) bond motifs is 3. The topological polar surface area (TPSA) is 0 Å². The molecule has 2 aliphatic rings. The Bertz CT molecular complexity index is 1710. The van der Waals surface area contributed by atoms with E-state index in [0.29, 0.717) is 7.25 Å². The first-order valence-corrected chi connectivity index (χ1v) is 24.3. The van der Waals surface area contributed by atoms with Gasteiger partial charge in [-0.3, -0.25) is 0 Å². The van der Waals surface area contributed by atoms with E-state index in [9.17, 15) is 0 Å². The molecule has 0 radical (unpaired) electrons. The van der Waals surface area contributed by atoms with Gasteiger partial charge in [0.05, 0.1) is 0 Å². The van der Waals surface area contributed by atoms with Crippen molar-refractivity contribution < 1.29 is 20.4 Å². The summed E-state index contributed by atoms with van der Waals surface area (Å²) < 4.78 is 1.08. The summed E-state index contributed by atoms with van der Waals surface area (Å²) in [5.74, 6) is 0. The fraction of sp³-hybridized carbons (Fsp3) is 0.333. The third-order valence-corrected chi connectivity index (χ3v) is 30.1. The molecule has 0 fully saturated rings. The second kappa shape index (κ2) is 11.7. The summed E-state index contributed by atoms with van der Waals surface area (Å²) >= 11 is -2.50. The van der Waals surface area contributed by atoms with Crippen molar-refractivity contribution in [1.82, 2.24) is 0 Å². The number of aryl methyl sites for hydroxylation is 4. The first-order valence-electron chi connectivity index (χ1n) is 16.3. The van der Waals surface area contributed by atoms with Gasteiger partial charge in [0.1, 0.15) is 0 Å². The molecule has 0 aliphatic heterocycles. The fourth-order valence-electron chi connectivity index (χ4n) is 7.61. The van der Waals surface area contributed by atoms with Crippen molar-refractivity contribution in [2.24, 2.45) is 0 Å². The Morgan fingerprint density at radius 2 is 0.932 bits per heavy atom. The summed E-state index contributed by atoms with van der Waals surface area (Å²) in [7, 11) is 0. The summed E-state index contributed by atoms with van der Waals surface area (Å²) in [4.78, 5) is 0. The maximum absolute atomic E-state index is 2.62. The van der Waals surface area contributed by atoms with Crippen LogP contribution >= 0.6 is 0 Å². The molecular formula is C42H48SiZr. The van der Waals surface area contributed by atoms with E-state index in [-0.39, 0.29) is 10.8 Å². The molecule has 2 heteroatoms. The molecule has 0 atom stereocenters. The zero-order chi connectivity index (χ0) is 31.6. The molecule has 0 unspecified atom stereocenters. The van der Waals surface area contributed by atoms with E-state index in [1.807, 2.05) is 0 Å². The number of hydrogen-bond acceptors (Lipinski definition) is 0. The normalized spacial score (nSPS) is 14.7. The van der Waals surface area contributed by atoms with Crippen molar-refractivity contribution in [3.63, 3.8) is 0 Å². The van der Waals surface area contributed by atoms with Crippen molar-refractivity contribution in [3.05, 3.63) is 142 Å². The van der Waals surface area contributed by atoms with Gasteiger partial charge in [-0.05, 0) is 0 Å². The second-order valence-electron chi connectivity index (χ2n) is 15.3. The Balaban J connectivity index is 1.76. The van der Waals surface area contributed by atoms with Crippen LogP contribution in [0.4, 0.5) is 0 Å². The Hall–Kier alpha value is -2.54. The number of allylic oxidation sites excluding steroid dienone is 4. The first kappa shape index (κ1) is 31.4. The van der Waals surface area contributed by atoms with Crippen LogP contribution in [-0.4, -0.2) is 5.43 Å². The third kappa shape index (κ3) is 5.78. The van der Waals surface area contributed by atoms with Gasteiger partial charge >= 0.3 is 276 Å². The number of benzene rings is 4. The van der Waals surface area contributed by atoms with Crippen LogP contribution in [0.15, 0.2) is 97.1 Å². The third-order valence-electron chi connectivity index (χ3n) is 9.71. The van der Waals surface area contributed by atoms with E-state index >= 15 is 0 Å². The van der Waals surface area contributed by atoms with Crippen molar-refractivity contribution in [3.8, 4) is 11.1 Å². The molecule has 4 aromatic carbocycles. The van der Waals surface area contributed by atoms with Crippen LogP contribution in [0.2, 0.25) is 3.63 Å². The van der Waals surface area contributed by atoms with Crippen LogP contribution in [0.25, 0.3) is 11.1 Å². The molecule has 0 nitrogen and oxygen atoms in total. The van der Waals surface area contributed by atoms with E-state index in [1.165, 1.54) is 44.5 Å². The molecule has 6 rings (SSSR count). The molecule has 44 heavy (non-hydrogen) atoms. The number of hydrogen-bond donors (Lipinski definition) is 0. The van der Waals surface area contributed by atoms with E-state index in [4.69, 9.17) is 0 Å². The fourth-order valence-corrected chi connectivity index (χ4v) is 30.5. The van der Waals surface area contributed by atoms with E-state index in [2.05, 4.69) is 166 Å². The Kier molecular flexibility index (Phi) is 8.34. The Labute approximate surface area is 274 Å². The van der Waals surface area contributed by atoms with Crippen molar-refractivity contribution >= 4 is 15.8 Å². The standard InChI is InChI=1S/C23H29.C14H14Si.C5H5.Zr/c1-14-9-16-11-17-10-15(2)21(23(6,7)8)13-19(17)18(16)12-20(14)22(3,4)5;1-11-3-7-13(8-4-11)15-14-9-5-12(2)6-10-14;1-2-4-5-3-1;/h9-13H,1-8H3;3-10H,1-2H3;1-5H;. The molecule has 224 valence electrons. The van der Waals surface area contributed by atoms with Crippen molar-refractivity contribution in [2.75, 3.05) is 0 Å². The monoisotopic (exact) mass is 670 g/mol. The van der Waals surface area contributed by atoms with Crippen LogP contribution < -0.4 is 10.4 Å². The van der Waals surface area contributed by atoms with Crippen molar-refractivity contribution in [1.29, 1.82) is 0 Å². The Morgan fingerprint density at radius 3 is 1.30 bits per heavy atom. The van der Waals surface area contributed by atoms with Gasteiger partial charge in [-0.15, -0.1) is 0 Å². The van der Waals surface area contributed by atoms with Gasteiger partial charge in [-0.2, -0.15) is 0 Å². The average molecular weight is 672 g/mol.